The van der Waals surface area contributed by atoms with Gasteiger partial charge in [0, 0.05) is 20.5 Å². The van der Waals surface area contributed by atoms with Crippen molar-refractivity contribution in [2.24, 2.45) is 10.9 Å². The maximum Gasteiger partial charge on any atom is 0.357 e. The number of aliphatic hydroxyl groups is 4. The Kier molecular flexibility index (Phi) is 14.3. The Morgan fingerprint density at radius 2 is 1.81 bits per heavy atom. The lowest BCUT2D eigenvalue weighted by Crippen LogP contribution is -2.70. The van der Waals surface area contributed by atoms with E-state index in [1.54, 1.807) is 13.8 Å². The minimum Gasteiger partial charge on any atom is -0.508 e. The molecule has 53 heavy (non-hydrogen) atoms. The number of isothiocyanates is 1. The van der Waals surface area contributed by atoms with Crippen molar-refractivity contribution in [2.45, 2.75) is 121 Å². The predicted octanol–water partition coefficient (Wildman–Crippen LogP) is 0.0705. The van der Waals surface area contributed by atoms with E-state index in [1.807, 2.05) is 5.16 Å². The van der Waals surface area contributed by atoms with Crippen LogP contribution in [0.15, 0.2) is 28.1 Å². The Labute approximate surface area is 309 Å². The number of ether oxygens (including phenoxy) is 7. The highest BCUT2D eigenvalue weighted by atomic mass is 32.1. The summed E-state index contributed by atoms with van der Waals surface area (Å²) in [7, 11) is 1.26. The van der Waals surface area contributed by atoms with E-state index in [-0.39, 0.29) is 12.1 Å². The van der Waals surface area contributed by atoms with E-state index in [1.165, 1.54) is 34.0 Å². The lowest BCUT2D eigenvalue weighted by molar-refractivity contribution is -0.345. The first kappa shape index (κ1) is 43.4. The topological polar surface area (TPSA) is 287 Å². The predicted molar refractivity (Wildman–Crippen MR) is 180 cm³/mol. The monoisotopic (exact) mass is 772 g/mol. The third-order valence-electron chi connectivity index (χ3n) is 9.23. The molecule has 0 aromatic rings. The summed E-state index contributed by atoms with van der Waals surface area (Å²) in [5.41, 5.74) is -7.74. The molecule has 6 N–H and O–H groups in total. The first-order valence-corrected chi connectivity index (χ1v) is 16.8. The molecule has 20 heteroatoms. The van der Waals surface area contributed by atoms with Crippen LogP contribution < -0.4 is 0 Å². The van der Waals surface area contributed by atoms with Crippen LogP contribution in [-0.4, -0.2) is 146 Å². The highest BCUT2D eigenvalue weighted by molar-refractivity contribution is 7.78. The Bertz CT molecular complexity index is 1590. The number of hydrogen-bond donors (Lipinski definition) is 6. The molecule has 1 aliphatic carbocycles. The van der Waals surface area contributed by atoms with Crippen LogP contribution in [0.2, 0.25) is 0 Å². The molecule has 11 atom stereocenters. The van der Waals surface area contributed by atoms with Crippen LogP contribution in [0, 0.1) is 11.3 Å². The number of aliphatic hydroxyl groups excluding tert-OH is 2. The number of nitrogens with zero attached hydrogens (tertiary/aromatic N) is 1. The number of hydrogen-bond acceptors (Lipinski definition) is 19. The fraction of sp³-hybridized carbons (Fsp3) is 0.667. The van der Waals surface area contributed by atoms with Gasteiger partial charge in [-0.3, -0.25) is 19.8 Å². The van der Waals surface area contributed by atoms with Crippen molar-refractivity contribution in [3.63, 3.8) is 0 Å². The summed E-state index contributed by atoms with van der Waals surface area (Å²) in [4.78, 5) is 66.0. The van der Waals surface area contributed by atoms with E-state index in [2.05, 4.69) is 17.2 Å². The number of carboxylic acids is 1. The molecule has 2 fully saturated rings. The summed E-state index contributed by atoms with van der Waals surface area (Å²) in [6, 6.07) is 0. The summed E-state index contributed by atoms with van der Waals surface area (Å²) >= 11 is 4.60. The second-order valence-corrected chi connectivity index (χ2v) is 13.1. The second kappa shape index (κ2) is 17.4. The minimum absolute atomic E-state index is 0.325. The fourth-order valence-electron chi connectivity index (χ4n) is 6.31. The van der Waals surface area contributed by atoms with E-state index in [9.17, 15) is 49.5 Å². The molecule has 0 bridgehead atoms. The van der Waals surface area contributed by atoms with Crippen molar-refractivity contribution >= 4 is 52.8 Å². The zero-order chi connectivity index (χ0) is 40.2. The summed E-state index contributed by atoms with van der Waals surface area (Å²) < 4.78 is 39.9. The molecule has 0 radical (unpaired) electrons. The quantitative estimate of drug-likeness (QED) is 0.0475. The van der Waals surface area contributed by atoms with Crippen LogP contribution in [0.25, 0.3) is 0 Å². The van der Waals surface area contributed by atoms with Crippen LogP contribution in [-0.2, 0) is 57.1 Å². The van der Waals surface area contributed by atoms with Gasteiger partial charge in [0.1, 0.15) is 54.2 Å². The van der Waals surface area contributed by atoms with Crippen molar-refractivity contribution in [3.05, 3.63) is 23.1 Å². The van der Waals surface area contributed by atoms with E-state index >= 15 is 0 Å². The summed E-state index contributed by atoms with van der Waals surface area (Å²) in [5, 5.41) is 66.0. The molecular weight excluding hydrogens is 728 g/mol. The zero-order valence-corrected chi connectivity index (χ0v) is 30.8. The number of methoxy groups -OCH3 is 1. The van der Waals surface area contributed by atoms with Gasteiger partial charge in [0.05, 0.1) is 29.7 Å². The fourth-order valence-corrected chi connectivity index (χ4v) is 6.41. The van der Waals surface area contributed by atoms with Gasteiger partial charge in [0.2, 0.25) is 0 Å². The van der Waals surface area contributed by atoms with Gasteiger partial charge in [-0.25, -0.2) is 9.59 Å². The maximum absolute atomic E-state index is 13.3. The Balaban J connectivity index is 2.15. The van der Waals surface area contributed by atoms with Crippen molar-refractivity contribution in [2.75, 3.05) is 13.7 Å². The number of allylic oxidation sites excluding steroid dienone is 1. The number of esters is 3. The third kappa shape index (κ3) is 8.88. The lowest BCUT2D eigenvalue weighted by atomic mass is 9.74. The van der Waals surface area contributed by atoms with Gasteiger partial charge in [-0.1, -0.05) is 19.9 Å². The molecule has 3 aliphatic rings. The number of Topliss-reactive ketones (excluding diaryl/α,β-unsaturated/α-hetero) is 1. The summed E-state index contributed by atoms with van der Waals surface area (Å²) in [6.45, 7) is 7.77. The molecule has 0 amide bonds. The summed E-state index contributed by atoms with van der Waals surface area (Å²) in [6.07, 6.45) is -15.0. The number of nitrogens with one attached hydrogen (secondary N) is 1. The van der Waals surface area contributed by atoms with Gasteiger partial charge in [-0.2, -0.15) is 4.99 Å². The molecule has 294 valence electrons. The highest BCUT2D eigenvalue weighted by Crippen LogP contribution is 2.42. The number of carbonyl (C=O) groups is 5. The van der Waals surface area contributed by atoms with Gasteiger partial charge < -0.3 is 58.7 Å². The molecule has 19 nitrogen and oxygen atoms in total. The van der Waals surface area contributed by atoms with Gasteiger partial charge in [-0.15, -0.1) is 0 Å². The third-order valence-corrected chi connectivity index (χ3v) is 9.32. The van der Waals surface area contributed by atoms with Crippen LogP contribution in [0.5, 0.6) is 0 Å². The molecule has 0 aromatic carbocycles. The first-order chi connectivity index (χ1) is 24.7. The lowest BCUT2D eigenvalue weighted by Gasteiger charge is -2.52. The average molecular weight is 773 g/mol. The average Bonchev–Trinajstić information content (AvgIpc) is 3.08. The number of ketones is 1. The molecule has 2 saturated heterocycles. The number of carboxylic acid groups (broad SMARTS) is 1. The van der Waals surface area contributed by atoms with Crippen LogP contribution in [0.1, 0.15) is 54.4 Å². The standard InChI is InChI=1S/C33H44N2O17S/c1-8-17(35-12-53)31(43)52-25-19(11-47-16(6)36)50-28(32(44)10-18(37)23(34)22(27(32)39)29(40)41)24(38)26(25)51-21-9-20(46-7)33(45,14(4)48-21)15(5)49-30(42)13(2)3/h8,13-15,19-21,24-26,28,34,38-39,44-45H,9-11H2,1-7H3,(H,40,41)/b17-8+,34-23?/t14-,15+,19+,20+,21-,24-,25-,26+,28+,32+,33-/m1/s1. The van der Waals surface area contributed by atoms with Crippen molar-refractivity contribution in [3.8, 4) is 0 Å². The van der Waals surface area contributed by atoms with Gasteiger partial charge in [0.15, 0.2) is 35.1 Å². The van der Waals surface area contributed by atoms with Gasteiger partial charge >= 0.3 is 23.9 Å². The number of aliphatic imine (C=N–C) groups is 1. The first-order valence-electron chi connectivity index (χ1n) is 16.4. The SMILES string of the molecule is C/C=C(/N=C=S)C(=O)O[C@H]1[C@@H](O[C@@H]2C[C@H](OC)[C@](O)([C@H](C)OC(=O)C(C)C)[C@@H](C)O2)[C@@H](O)[C@@H]([C@]2(O)CC(=O)C(=N)C(C(=O)O)=C2O)O[C@H]1COC(C)=O. The second-order valence-electron chi connectivity index (χ2n) is 13.0. The Morgan fingerprint density at radius 3 is 2.34 bits per heavy atom. The largest absolute Gasteiger partial charge is 0.508 e. The van der Waals surface area contributed by atoms with Gasteiger partial charge in [-0.05, 0) is 33.0 Å². The van der Waals surface area contributed by atoms with Crippen molar-refractivity contribution in [1.82, 2.24) is 0 Å². The van der Waals surface area contributed by atoms with E-state index in [0.29, 0.717) is 0 Å². The van der Waals surface area contributed by atoms with Crippen molar-refractivity contribution in [1.29, 1.82) is 5.41 Å². The number of aliphatic carboxylic acids is 1. The molecule has 3 rings (SSSR count). The molecule has 0 unspecified atom stereocenters. The normalized spacial score (nSPS) is 34.2. The van der Waals surface area contributed by atoms with Crippen LogP contribution in [0.3, 0.4) is 0 Å². The maximum atomic E-state index is 13.3. The molecular formula is C33H44N2O17S. The minimum atomic E-state index is -3.03. The molecule has 0 saturated carbocycles. The molecule has 2 aliphatic heterocycles. The number of carbonyl (C=O) groups excluding carboxylic acids is 4. The molecule has 2 heterocycles. The summed E-state index contributed by atoms with van der Waals surface area (Å²) in [5.74, 6) is -7.74. The van der Waals surface area contributed by atoms with Crippen molar-refractivity contribution < 1.29 is 82.7 Å². The molecule has 0 aromatic heterocycles. The smallest absolute Gasteiger partial charge is 0.357 e. The molecule has 0 spiro atoms. The Morgan fingerprint density at radius 1 is 1.17 bits per heavy atom. The van der Waals surface area contributed by atoms with Crippen LogP contribution in [0.4, 0.5) is 0 Å². The zero-order valence-electron chi connectivity index (χ0n) is 30.0. The highest BCUT2D eigenvalue weighted by Gasteiger charge is 2.62. The van der Waals surface area contributed by atoms with Crippen LogP contribution >= 0.6 is 12.2 Å². The van der Waals surface area contributed by atoms with E-state index in [0.717, 1.165) is 6.92 Å². The number of thiocarbonyl (C=S) groups is 1. The van der Waals surface area contributed by atoms with E-state index < -0.39 is 132 Å². The number of rotatable bonds is 13. The van der Waals surface area contributed by atoms with Gasteiger partial charge in [0.25, 0.3) is 0 Å². The Hall–Kier alpha value is -3.98. The van der Waals surface area contributed by atoms with E-state index in [4.69, 9.17) is 38.6 Å².